The van der Waals surface area contributed by atoms with E-state index in [2.05, 4.69) is 15.6 Å². The summed E-state index contributed by atoms with van der Waals surface area (Å²) in [6.07, 6.45) is 0. The molecule has 3 rings (SSSR count). The number of hydrogen-bond donors (Lipinski definition) is 3. The van der Waals surface area contributed by atoms with Crippen molar-refractivity contribution in [2.45, 2.75) is 13.5 Å². The van der Waals surface area contributed by atoms with E-state index in [0.29, 0.717) is 22.4 Å². The van der Waals surface area contributed by atoms with Gasteiger partial charge >= 0.3 is 11.1 Å². The molecule has 132 valence electrons. The first-order chi connectivity index (χ1) is 12.4. The molecule has 3 aromatic rings. The highest BCUT2D eigenvalue weighted by Crippen LogP contribution is 2.14. The van der Waals surface area contributed by atoms with E-state index >= 15 is 0 Å². The molecule has 2 aromatic carbocycles. The molecule has 1 aromatic heterocycles. The van der Waals surface area contributed by atoms with Gasteiger partial charge in [0.25, 0.3) is 0 Å². The van der Waals surface area contributed by atoms with Crippen molar-refractivity contribution in [3.8, 4) is 0 Å². The van der Waals surface area contributed by atoms with Crippen LogP contribution in [0.3, 0.4) is 0 Å². The van der Waals surface area contributed by atoms with Gasteiger partial charge in [0.15, 0.2) is 0 Å². The van der Waals surface area contributed by atoms with Gasteiger partial charge in [-0.3, -0.25) is 23.7 Å². The number of fused-ring (bicyclic) bond motifs is 1. The predicted octanol–water partition coefficient (Wildman–Crippen LogP) is 1.29. The number of aromatic amines is 1. The number of carbonyl (C=O) groups is 2. The quantitative estimate of drug-likeness (QED) is 0.614. The third kappa shape index (κ3) is 3.69. The Labute approximate surface area is 147 Å². The molecule has 0 radical (unpaired) electrons. The summed E-state index contributed by atoms with van der Waals surface area (Å²) in [5.74, 6) is -0.641. The first-order valence-electron chi connectivity index (χ1n) is 7.83. The number of nitrogens with one attached hydrogen (secondary N) is 3. The monoisotopic (exact) mass is 352 g/mol. The number of aromatic nitrogens is 2. The Kier molecular flexibility index (Phi) is 4.66. The summed E-state index contributed by atoms with van der Waals surface area (Å²) in [7, 11) is 0. The van der Waals surface area contributed by atoms with E-state index in [0.717, 1.165) is 4.57 Å². The molecule has 0 aliphatic carbocycles. The van der Waals surface area contributed by atoms with Crippen LogP contribution < -0.4 is 21.8 Å². The highest BCUT2D eigenvalue weighted by atomic mass is 16.2. The fraction of sp³-hybridized carbons (Fsp3) is 0.111. The van der Waals surface area contributed by atoms with Crippen molar-refractivity contribution in [1.82, 2.24) is 9.55 Å². The van der Waals surface area contributed by atoms with Crippen molar-refractivity contribution in [2.75, 3.05) is 10.6 Å². The van der Waals surface area contributed by atoms with Crippen LogP contribution in [0.15, 0.2) is 58.1 Å². The number of anilines is 2. The molecule has 0 fully saturated rings. The maximum Gasteiger partial charge on any atom is 0.317 e. The molecule has 0 saturated heterocycles. The number of H-pyrrole nitrogens is 1. The number of benzene rings is 2. The summed E-state index contributed by atoms with van der Waals surface area (Å²) in [5.41, 5.74) is 0.479. The van der Waals surface area contributed by atoms with E-state index in [1.165, 1.54) is 6.92 Å². The number of rotatable bonds is 4. The van der Waals surface area contributed by atoms with Crippen LogP contribution in [-0.4, -0.2) is 21.4 Å². The fourth-order valence-electron chi connectivity index (χ4n) is 2.56. The lowest BCUT2D eigenvalue weighted by Gasteiger charge is -2.10. The van der Waals surface area contributed by atoms with E-state index in [1.807, 2.05) is 0 Å². The molecule has 0 atom stereocenters. The summed E-state index contributed by atoms with van der Waals surface area (Å²) in [6.45, 7) is 1.11. The summed E-state index contributed by atoms with van der Waals surface area (Å²) in [4.78, 5) is 49.7. The number of para-hydroxylation sites is 2. The van der Waals surface area contributed by atoms with Gasteiger partial charge < -0.3 is 15.6 Å². The van der Waals surface area contributed by atoms with Gasteiger partial charge in [0, 0.05) is 18.3 Å². The van der Waals surface area contributed by atoms with Crippen LogP contribution in [0.4, 0.5) is 11.4 Å². The molecule has 0 saturated carbocycles. The van der Waals surface area contributed by atoms with Gasteiger partial charge in [-0.2, -0.15) is 0 Å². The minimum atomic E-state index is -0.792. The molecule has 2 amide bonds. The Morgan fingerprint density at radius 1 is 0.962 bits per heavy atom. The number of nitrogens with zero attached hydrogens (tertiary/aromatic N) is 1. The van der Waals surface area contributed by atoms with Gasteiger partial charge in [-0.05, 0) is 36.4 Å². The molecular formula is C18H16N4O4. The van der Waals surface area contributed by atoms with Crippen LogP contribution in [0.2, 0.25) is 0 Å². The fourth-order valence-corrected chi connectivity index (χ4v) is 2.56. The SMILES string of the molecule is CC(=O)Nc1ccc(NC(=O)Cn2c(=O)c(=O)[nH]c3ccccc32)cc1. The lowest BCUT2D eigenvalue weighted by atomic mass is 10.2. The first kappa shape index (κ1) is 17.2. The van der Waals surface area contributed by atoms with Crippen LogP contribution in [0.25, 0.3) is 11.0 Å². The third-order valence-corrected chi connectivity index (χ3v) is 3.67. The van der Waals surface area contributed by atoms with Crippen LogP contribution in [0.1, 0.15) is 6.92 Å². The second-order valence-corrected chi connectivity index (χ2v) is 5.67. The molecular weight excluding hydrogens is 336 g/mol. The predicted molar refractivity (Wildman–Crippen MR) is 98.2 cm³/mol. The molecule has 1 heterocycles. The maximum absolute atomic E-state index is 12.3. The van der Waals surface area contributed by atoms with Crippen molar-refractivity contribution >= 4 is 34.2 Å². The van der Waals surface area contributed by atoms with Gasteiger partial charge in [-0.15, -0.1) is 0 Å². The van der Waals surface area contributed by atoms with Crippen LogP contribution in [-0.2, 0) is 16.1 Å². The Hall–Kier alpha value is -3.68. The number of amides is 2. The highest BCUT2D eigenvalue weighted by molar-refractivity contribution is 5.92. The summed E-state index contributed by atoms with van der Waals surface area (Å²) < 4.78 is 1.13. The van der Waals surface area contributed by atoms with Crippen molar-refractivity contribution in [2.24, 2.45) is 0 Å². The first-order valence-corrected chi connectivity index (χ1v) is 7.83. The Bertz CT molecular complexity index is 1100. The summed E-state index contributed by atoms with van der Waals surface area (Å²) >= 11 is 0. The van der Waals surface area contributed by atoms with Gasteiger partial charge in [0.2, 0.25) is 11.8 Å². The van der Waals surface area contributed by atoms with Gasteiger partial charge in [0.05, 0.1) is 11.0 Å². The second kappa shape index (κ2) is 7.06. The average molecular weight is 352 g/mol. The van der Waals surface area contributed by atoms with Crippen LogP contribution in [0, 0.1) is 0 Å². The van der Waals surface area contributed by atoms with E-state index in [-0.39, 0.29) is 12.5 Å². The van der Waals surface area contributed by atoms with Gasteiger partial charge in [-0.1, -0.05) is 12.1 Å². The normalized spacial score (nSPS) is 10.5. The molecule has 8 nitrogen and oxygen atoms in total. The van der Waals surface area contributed by atoms with E-state index < -0.39 is 17.0 Å². The highest BCUT2D eigenvalue weighted by Gasteiger charge is 2.11. The van der Waals surface area contributed by atoms with E-state index in [4.69, 9.17) is 0 Å². The minimum absolute atomic E-state index is 0.192. The molecule has 0 bridgehead atoms. The standard InChI is InChI=1S/C18H16N4O4/c1-11(23)19-12-6-8-13(9-7-12)20-16(24)10-22-15-5-3-2-4-14(15)21-17(25)18(22)26/h2-9H,10H2,1H3,(H,19,23)(H,20,24)(H,21,25). The minimum Gasteiger partial charge on any atom is -0.326 e. The molecule has 0 unspecified atom stereocenters. The smallest absolute Gasteiger partial charge is 0.317 e. The lowest BCUT2D eigenvalue weighted by molar-refractivity contribution is -0.117. The summed E-state index contributed by atoms with van der Waals surface area (Å²) in [5, 5.41) is 5.28. The third-order valence-electron chi connectivity index (χ3n) is 3.67. The Balaban J connectivity index is 1.81. The number of carbonyl (C=O) groups excluding carboxylic acids is 2. The number of hydrogen-bond acceptors (Lipinski definition) is 4. The average Bonchev–Trinajstić information content (AvgIpc) is 2.60. The molecule has 0 spiro atoms. The van der Waals surface area contributed by atoms with Gasteiger partial charge in [0.1, 0.15) is 6.54 Å². The second-order valence-electron chi connectivity index (χ2n) is 5.67. The Morgan fingerprint density at radius 2 is 1.58 bits per heavy atom. The topological polar surface area (TPSA) is 113 Å². The maximum atomic E-state index is 12.3. The van der Waals surface area contributed by atoms with Gasteiger partial charge in [-0.25, -0.2) is 0 Å². The molecule has 3 N–H and O–H groups in total. The largest absolute Gasteiger partial charge is 0.326 e. The van der Waals surface area contributed by atoms with Crippen LogP contribution >= 0.6 is 0 Å². The molecule has 0 aliphatic rings. The zero-order chi connectivity index (χ0) is 18.7. The zero-order valence-electron chi connectivity index (χ0n) is 13.9. The molecule has 26 heavy (non-hydrogen) atoms. The van der Waals surface area contributed by atoms with Crippen molar-refractivity contribution in [3.63, 3.8) is 0 Å². The van der Waals surface area contributed by atoms with E-state index in [9.17, 15) is 19.2 Å². The zero-order valence-corrected chi connectivity index (χ0v) is 13.9. The van der Waals surface area contributed by atoms with Crippen molar-refractivity contribution < 1.29 is 9.59 Å². The van der Waals surface area contributed by atoms with E-state index in [1.54, 1.807) is 48.5 Å². The Morgan fingerprint density at radius 3 is 2.23 bits per heavy atom. The molecule has 8 heteroatoms. The van der Waals surface area contributed by atoms with Crippen molar-refractivity contribution in [3.05, 3.63) is 69.2 Å². The lowest BCUT2D eigenvalue weighted by Crippen LogP contribution is -2.38. The summed E-state index contributed by atoms with van der Waals surface area (Å²) in [6, 6.07) is 13.3. The molecule has 0 aliphatic heterocycles. The van der Waals surface area contributed by atoms with Crippen LogP contribution in [0.5, 0.6) is 0 Å². The van der Waals surface area contributed by atoms with Crippen molar-refractivity contribution in [1.29, 1.82) is 0 Å².